The molecule has 0 saturated carbocycles. The summed E-state index contributed by atoms with van der Waals surface area (Å²) in [5, 5.41) is 2.03. The molecule has 0 atom stereocenters. The molecule has 0 saturated heterocycles. The molecule has 0 unspecified atom stereocenters. The molecule has 8 heteroatoms. The van der Waals surface area contributed by atoms with Crippen LogP contribution in [0.1, 0.15) is 20.8 Å². The van der Waals surface area contributed by atoms with Crippen LogP contribution in [-0.4, -0.2) is 51.3 Å². The minimum atomic E-state index is -0.629. The van der Waals surface area contributed by atoms with Crippen molar-refractivity contribution < 1.29 is 28.5 Å². The van der Waals surface area contributed by atoms with Gasteiger partial charge in [0.2, 0.25) is 5.75 Å². The fraction of sp³-hybridized carbons (Fsp3) is 0.368. The molecule has 0 bridgehead atoms. The smallest absolute Gasteiger partial charge is 0.338 e. The van der Waals surface area contributed by atoms with Gasteiger partial charge in [-0.25, -0.2) is 4.79 Å². The van der Waals surface area contributed by atoms with Crippen LogP contribution in [0.4, 0.5) is 0 Å². The van der Waals surface area contributed by atoms with Crippen molar-refractivity contribution >= 4 is 23.2 Å². The van der Waals surface area contributed by atoms with E-state index in [2.05, 4.69) is 0 Å². The van der Waals surface area contributed by atoms with Crippen molar-refractivity contribution in [3.8, 4) is 17.2 Å². The lowest BCUT2D eigenvalue weighted by Crippen LogP contribution is -2.38. The summed E-state index contributed by atoms with van der Waals surface area (Å²) in [5.41, 5.74) is 1.38. The maximum Gasteiger partial charge on any atom is 0.338 e. The van der Waals surface area contributed by atoms with Gasteiger partial charge in [-0.2, -0.15) is 0 Å². The zero-order valence-corrected chi connectivity index (χ0v) is 16.3. The molecule has 1 aromatic carbocycles. The van der Waals surface area contributed by atoms with E-state index in [0.717, 1.165) is 12.0 Å². The normalized spacial score (nSPS) is 12.9. The first-order valence-corrected chi connectivity index (χ1v) is 9.25. The largest absolute Gasteiger partial charge is 0.493 e. The van der Waals surface area contributed by atoms with E-state index in [-0.39, 0.29) is 18.1 Å². The fourth-order valence-corrected chi connectivity index (χ4v) is 3.85. The van der Waals surface area contributed by atoms with Gasteiger partial charge < -0.3 is 23.8 Å². The van der Waals surface area contributed by atoms with E-state index < -0.39 is 5.97 Å². The van der Waals surface area contributed by atoms with Crippen LogP contribution in [0.2, 0.25) is 0 Å². The summed E-state index contributed by atoms with van der Waals surface area (Å²) in [4.78, 5) is 27.8. The van der Waals surface area contributed by atoms with Gasteiger partial charge in [-0.3, -0.25) is 4.79 Å². The number of amides is 1. The Morgan fingerprint density at radius 3 is 2.44 bits per heavy atom. The number of esters is 1. The first-order valence-electron chi connectivity index (χ1n) is 8.37. The Labute approximate surface area is 161 Å². The van der Waals surface area contributed by atoms with E-state index in [1.54, 1.807) is 16.2 Å². The Kier molecular flexibility index (Phi) is 5.85. The average Bonchev–Trinajstić information content (AvgIpc) is 3.18. The van der Waals surface area contributed by atoms with Crippen molar-refractivity contribution in [3.63, 3.8) is 0 Å². The van der Waals surface area contributed by atoms with Crippen LogP contribution in [0.15, 0.2) is 23.6 Å². The zero-order valence-electron chi connectivity index (χ0n) is 15.4. The van der Waals surface area contributed by atoms with E-state index in [4.69, 9.17) is 18.9 Å². The quantitative estimate of drug-likeness (QED) is 0.705. The number of methoxy groups -OCH3 is 3. The molecule has 1 aromatic heterocycles. The number of nitrogens with zero attached hydrogens (tertiary/aromatic N) is 1. The number of ether oxygens (including phenoxy) is 4. The molecule has 0 aliphatic carbocycles. The summed E-state index contributed by atoms with van der Waals surface area (Å²) in [6.07, 6.45) is 0.833. The Morgan fingerprint density at radius 2 is 1.81 bits per heavy atom. The molecular formula is C19H21NO6S. The van der Waals surface area contributed by atoms with Gasteiger partial charge in [0.25, 0.3) is 5.91 Å². The van der Waals surface area contributed by atoms with Crippen LogP contribution >= 0.6 is 11.3 Å². The van der Waals surface area contributed by atoms with Gasteiger partial charge in [0.1, 0.15) is 0 Å². The Bertz CT molecular complexity index is 821. The number of fused-ring (bicyclic) bond motifs is 1. The van der Waals surface area contributed by atoms with E-state index in [1.807, 2.05) is 11.4 Å². The average molecular weight is 391 g/mol. The predicted octanol–water partition coefficient (Wildman–Crippen LogP) is 2.52. The molecule has 144 valence electrons. The van der Waals surface area contributed by atoms with E-state index >= 15 is 0 Å². The Morgan fingerprint density at radius 1 is 1.11 bits per heavy atom. The summed E-state index contributed by atoms with van der Waals surface area (Å²) in [5.74, 6) is 0.225. The van der Waals surface area contributed by atoms with Gasteiger partial charge >= 0.3 is 5.97 Å². The fourth-order valence-electron chi connectivity index (χ4n) is 2.96. The molecule has 7 nitrogen and oxygen atoms in total. The highest BCUT2D eigenvalue weighted by atomic mass is 32.1. The third-order valence-corrected chi connectivity index (χ3v) is 5.41. The lowest BCUT2D eigenvalue weighted by Gasteiger charge is -2.26. The lowest BCUT2D eigenvalue weighted by atomic mass is 10.1. The van der Waals surface area contributed by atoms with Crippen molar-refractivity contribution in [2.24, 2.45) is 0 Å². The molecule has 0 fully saturated rings. The first kappa shape index (κ1) is 19.0. The molecule has 2 aromatic rings. The summed E-state index contributed by atoms with van der Waals surface area (Å²) in [7, 11) is 4.41. The molecule has 1 aliphatic rings. The second kappa shape index (κ2) is 8.30. The third-order valence-electron chi connectivity index (χ3n) is 4.39. The topological polar surface area (TPSA) is 74.3 Å². The second-order valence-electron chi connectivity index (χ2n) is 5.92. The Hall–Kier alpha value is -2.74. The highest BCUT2D eigenvalue weighted by molar-refractivity contribution is 7.10. The van der Waals surface area contributed by atoms with Gasteiger partial charge in [0.05, 0.1) is 26.9 Å². The maximum atomic E-state index is 12.4. The minimum Gasteiger partial charge on any atom is -0.493 e. The highest BCUT2D eigenvalue weighted by Crippen LogP contribution is 2.38. The van der Waals surface area contributed by atoms with Gasteiger partial charge in [0, 0.05) is 18.0 Å². The number of thiophene rings is 1. The minimum absolute atomic E-state index is 0.215. The van der Waals surface area contributed by atoms with Crippen molar-refractivity contribution in [3.05, 3.63) is 39.6 Å². The highest BCUT2D eigenvalue weighted by Gasteiger charge is 2.23. The van der Waals surface area contributed by atoms with Crippen LogP contribution < -0.4 is 14.2 Å². The van der Waals surface area contributed by atoms with Crippen LogP contribution in [0.3, 0.4) is 0 Å². The van der Waals surface area contributed by atoms with Gasteiger partial charge in [0.15, 0.2) is 18.1 Å². The zero-order chi connectivity index (χ0) is 19.4. The molecule has 2 heterocycles. The van der Waals surface area contributed by atoms with Crippen molar-refractivity contribution in [2.75, 3.05) is 34.5 Å². The van der Waals surface area contributed by atoms with Crippen molar-refractivity contribution in [2.45, 2.75) is 13.0 Å². The van der Waals surface area contributed by atoms with Gasteiger partial charge in [-0.05, 0) is 35.6 Å². The number of carbonyl (C=O) groups excluding carboxylic acids is 2. The summed E-state index contributed by atoms with van der Waals surface area (Å²) < 4.78 is 20.9. The number of hydrogen-bond donors (Lipinski definition) is 0. The first-order chi connectivity index (χ1) is 13.1. The number of carbonyl (C=O) groups is 2. The molecule has 3 rings (SSSR count). The standard InChI is InChI=1S/C19H21NO6S/c1-23-14-8-13(9-15(24-2)18(14)25-3)19(22)26-11-17(21)20-6-4-16-12(10-20)5-7-27-16/h5,7-9H,4,6,10-11H2,1-3H3. The van der Waals surface area contributed by atoms with Crippen LogP contribution in [0.5, 0.6) is 17.2 Å². The van der Waals surface area contributed by atoms with Gasteiger partial charge in [-0.15, -0.1) is 11.3 Å². The van der Waals surface area contributed by atoms with E-state index in [0.29, 0.717) is 30.3 Å². The monoisotopic (exact) mass is 391 g/mol. The van der Waals surface area contributed by atoms with Crippen LogP contribution in [-0.2, 0) is 22.5 Å². The number of hydrogen-bond acceptors (Lipinski definition) is 7. The maximum absolute atomic E-state index is 12.4. The molecular weight excluding hydrogens is 370 g/mol. The molecule has 1 amide bonds. The summed E-state index contributed by atoms with van der Waals surface area (Å²) in [6, 6.07) is 5.01. The summed E-state index contributed by atoms with van der Waals surface area (Å²) >= 11 is 1.71. The number of rotatable bonds is 6. The summed E-state index contributed by atoms with van der Waals surface area (Å²) in [6.45, 7) is 0.877. The second-order valence-corrected chi connectivity index (χ2v) is 6.93. The van der Waals surface area contributed by atoms with E-state index in [1.165, 1.54) is 38.3 Å². The van der Waals surface area contributed by atoms with Crippen LogP contribution in [0, 0.1) is 0 Å². The lowest BCUT2D eigenvalue weighted by molar-refractivity contribution is -0.135. The SMILES string of the molecule is COc1cc(C(=O)OCC(=O)N2CCc3sccc3C2)cc(OC)c1OC. The van der Waals surface area contributed by atoms with Gasteiger partial charge in [-0.1, -0.05) is 0 Å². The van der Waals surface area contributed by atoms with Crippen molar-refractivity contribution in [1.29, 1.82) is 0 Å². The third kappa shape index (κ3) is 4.00. The molecule has 0 radical (unpaired) electrons. The predicted molar refractivity (Wildman–Crippen MR) is 99.8 cm³/mol. The molecule has 0 N–H and O–H groups in total. The molecule has 0 spiro atoms. The molecule has 1 aliphatic heterocycles. The van der Waals surface area contributed by atoms with Crippen molar-refractivity contribution in [1.82, 2.24) is 4.90 Å². The molecule has 27 heavy (non-hydrogen) atoms. The van der Waals surface area contributed by atoms with E-state index in [9.17, 15) is 9.59 Å². The number of benzene rings is 1. The Balaban J connectivity index is 1.65. The van der Waals surface area contributed by atoms with Crippen LogP contribution in [0.25, 0.3) is 0 Å².